The van der Waals surface area contributed by atoms with Crippen LogP contribution >= 0.6 is 0 Å². The Kier molecular flexibility index (Phi) is 11.4. The van der Waals surface area contributed by atoms with Crippen molar-refractivity contribution in [3.8, 4) is 0 Å². The Balaban J connectivity index is 2.13. The van der Waals surface area contributed by atoms with E-state index in [1.165, 1.54) is 4.90 Å². The summed E-state index contributed by atoms with van der Waals surface area (Å²) in [5, 5.41) is 5.96. The van der Waals surface area contributed by atoms with Gasteiger partial charge >= 0.3 is 6.03 Å². The van der Waals surface area contributed by atoms with Gasteiger partial charge < -0.3 is 20.3 Å². The molecule has 1 aliphatic rings. The summed E-state index contributed by atoms with van der Waals surface area (Å²) in [5.41, 5.74) is 1.34. The highest BCUT2D eigenvalue weighted by atomic mass is 16.5. The first-order valence-corrected chi connectivity index (χ1v) is 13.5. The fourth-order valence-electron chi connectivity index (χ4n) is 4.83. The molecule has 0 aliphatic carbocycles. The van der Waals surface area contributed by atoms with Gasteiger partial charge in [0.15, 0.2) is 6.23 Å². The Hall–Kier alpha value is -2.45. The van der Waals surface area contributed by atoms with Gasteiger partial charge in [-0.1, -0.05) is 70.9 Å². The van der Waals surface area contributed by atoms with Crippen molar-refractivity contribution < 1.29 is 19.1 Å². The van der Waals surface area contributed by atoms with Crippen molar-refractivity contribution in [1.29, 1.82) is 0 Å². The van der Waals surface area contributed by atoms with Crippen LogP contribution < -0.4 is 10.6 Å². The highest BCUT2D eigenvalue weighted by molar-refractivity contribution is 6.03. The lowest BCUT2D eigenvalue weighted by atomic mass is 9.72. The topological polar surface area (TPSA) is 91.0 Å². The van der Waals surface area contributed by atoms with E-state index in [-0.39, 0.29) is 17.9 Å². The van der Waals surface area contributed by atoms with Crippen molar-refractivity contribution in [2.24, 2.45) is 5.41 Å². The van der Waals surface area contributed by atoms with E-state index in [1.807, 2.05) is 45.0 Å². The number of amides is 4. The first-order valence-electron chi connectivity index (χ1n) is 13.5. The van der Waals surface area contributed by atoms with E-state index >= 15 is 0 Å². The molecular weight excluding hydrogens is 456 g/mol. The standard InChI is InChI=1S/C28H46N4O4/c1-8-13-23(22-16-14-20(6)15-17-22)30-27(35)32-25(34)28(9-2,10-3)26(32)36-21(7)24(33)29-18-19-31(11-4)12-5/h14-17,21,23,26H,8-13,18-19H2,1-7H3,(H,29,33)(H,30,35)/t21-,23+,26-/m0/s1. The van der Waals surface area contributed by atoms with E-state index in [4.69, 9.17) is 4.74 Å². The van der Waals surface area contributed by atoms with Crippen molar-refractivity contribution in [3.63, 3.8) is 0 Å². The molecule has 0 saturated carbocycles. The SMILES string of the molecule is CCC[C@@H](NC(=O)N1C(=O)C(CC)(CC)[C@@H]1O[C@@H](C)C(=O)NCCN(CC)CC)c1ccc(C)cc1. The number of nitrogens with one attached hydrogen (secondary N) is 2. The summed E-state index contributed by atoms with van der Waals surface area (Å²) in [6.45, 7) is 16.9. The van der Waals surface area contributed by atoms with Crippen molar-refractivity contribution in [2.75, 3.05) is 26.2 Å². The number of nitrogens with zero attached hydrogens (tertiary/aromatic N) is 2. The minimum absolute atomic E-state index is 0.212. The van der Waals surface area contributed by atoms with Crippen LogP contribution in [0.1, 0.15) is 84.4 Å². The Bertz CT molecular complexity index is 865. The molecule has 36 heavy (non-hydrogen) atoms. The lowest BCUT2D eigenvalue weighted by Crippen LogP contribution is -2.73. The van der Waals surface area contributed by atoms with Crippen molar-refractivity contribution >= 4 is 17.8 Å². The van der Waals surface area contributed by atoms with Gasteiger partial charge in [-0.25, -0.2) is 9.69 Å². The number of carbonyl (C=O) groups excluding carboxylic acids is 3. The van der Waals surface area contributed by atoms with E-state index in [0.29, 0.717) is 19.4 Å². The fraction of sp³-hybridized carbons (Fsp3) is 0.679. The van der Waals surface area contributed by atoms with E-state index in [2.05, 4.69) is 36.3 Å². The monoisotopic (exact) mass is 502 g/mol. The zero-order valence-electron chi connectivity index (χ0n) is 23.2. The second kappa shape index (κ2) is 13.7. The van der Waals surface area contributed by atoms with Gasteiger partial charge in [-0.05, 0) is 51.8 Å². The van der Waals surface area contributed by atoms with Crippen LogP contribution in [0, 0.1) is 12.3 Å². The molecule has 2 rings (SSSR count). The van der Waals surface area contributed by atoms with Crippen molar-refractivity contribution in [3.05, 3.63) is 35.4 Å². The maximum Gasteiger partial charge on any atom is 0.326 e. The number of imide groups is 1. The molecule has 0 aromatic heterocycles. The van der Waals surface area contributed by atoms with Crippen LogP contribution in [0.3, 0.4) is 0 Å². The first-order chi connectivity index (χ1) is 17.2. The molecule has 1 aromatic carbocycles. The third kappa shape index (κ3) is 6.65. The molecule has 0 unspecified atom stereocenters. The molecule has 202 valence electrons. The summed E-state index contributed by atoms with van der Waals surface area (Å²) in [7, 11) is 0. The molecule has 1 aromatic rings. The van der Waals surface area contributed by atoms with Crippen LogP contribution in [-0.4, -0.2) is 66.2 Å². The van der Waals surface area contributed by atoms with Crippen LogP contribution in [-0.2, 0) is 14.3 Å². The number of ether oxygens (including phenoxy) is 1. The fourth-order valence-corrected chi connectivity index (χ4v) is 4.83. The molecule has 1 fully saturated rings. The van der Waals surface area contributed by atoms with E-state index in [0.717, 1.165) is 43.6 Å². The number of hydrogen-bond acceptors (Lipinski definition) is 5. The number of benzene rings is 1. The maximum atomic E-state index is 13.4. The number of likely N-dealkylation sites (N-methyl/N-ethyl adjacent to an activating group) is 1. The van der Waals surface area contributed by atoms with E-state index in [1.54, 1.807) is 6.92 Å². The summed E-state index contributed by atoms with van der Waals surface area (Å²) in [6, 6.07) is 7.37. The second-order valence-electron chi connectivity index (χ2n) is 9.69. The van der Waals surface area contributed by atoms with Gasteiger partial charge in [0.25, 0.3) is 0 Å². The van der Waals surface area contributed by atoms with Gasteiger partial charge in [0.2, 0.25) is 11.8 Å². The van der Waals surface area contributed by atoms with Crippen LogP contribution in [0.15, 0.2) is 24.3 Å². The zero-order valence-corrected chi connectivity index (χ0v) is 23.2. The van der Waals surface area contributed by atoms with Crippen LogP contribution in [0.4, 0.5) is 4.79 Å². The highest BCUT2D eigenvalue weighted by Crippen LogP contribution is 2.46. The molecular formula is C28H46N4O4. The minimum atomic E-state index is -0.808. The summed E-state index contributed by atoms with van der Waals surface area (Å²) < 4.78 is 6.14. The van der Waals surface area contributed by atoms with Crippen LogP contribution in [0.5, 0.6) is 0 Å². The highest BCUT2D eigenvalue weighted by Gasteiger charge is 2.62. The molecule has 8 heteroatoms. The molecule has 0 spiro atoms. The Morgan fingerprint density at radius 3 is 2.22 bits per heavy atom. The molecule has 3 atom stereocenters. The number of hydrogen-bond donors (Lipinski definition) is 2. The van der Waals surface area contributed by atoms with Gasteiger partial charge in [-0.3, -0.25) is 9.59 Å². The number of β-lactam (4-membered cyclic amide) rings is 1. The largest absolute Gasteiger partial charge is 0.353 e. The number of aryl methyl sites for hydroxylation is 1. The van der Waals surface area contributed by atoms with Gasteiger partial charge in [0.05, 0.1) is 11.5 Å². The predicted octanol–water partition coefficient (Wildman–Crippen LogP) is 4.38. The Labute approximate surface area is 217 Å². The molecule has 8 nitrogen and oxygen atoms in total. The third-order valence-corrected chi connectivity index (χ3v) is 7.51. The van der Waals surface area contributed by atoms with Gasteiger partial charge in [-0.2, -0.15) is 0 Å². The molecule has 2 N–H and O–H groups in total. The summed E-state index contributed by atoms with van der Waals surface area (Å²) >= 11 is 0. The second-order valence-corrected chi connectivity index (χ2v) is 9.69. The summed E-state index contributed by atoms with van der Waals surface area (Å²) in [5.74, 6) is -0.491. The lowest BCUT2D eigenvalue weighted by molar-refractivity contribution is -0.220. The average molecular weight is 503 g/mol. The average Bonchev–Trinajstić information content (AvgIpc) is 2.87. The maximum absolute atomic E-state index is 13.4. The smallest absolute Gasteiger partial charge is 0.326 e. The van der Waals surface area contributed by atoms with E-state index in [9.17, 15) is 14.4 Å². The normalized spacial score (nSPS) is 18.5. The summed E-state index contributed by atoms with van der Waals surface area (Å²) in [4.78, 5) is 42.8. The van der Waals surface area contributed by atoms with E-state index < -0.39 is 23.8 Å². The zero-order chi connectivity index (χ0) is 26.9. The molecule has 0 radical (unpaired) electrons. The molecule has 1 aliphatic heterocycles. The number of likely N-dealkylation sites (tertiary alicyclic amines) is 1. The number of urea groups is 1. The van der Waals surface area contributed by atoms with Crippen molar-refractivity contribution in [2.45, 2.75) is 92.5 Å². The Morgan fingerprint density at radius 1 is 1.08 bits per heavy atom. The third-order valence-electron chi connectivity index (χ3n) is 7.51. The van der Waals surface area contributed by atoms with Crippen LogP contribution in [0.2, 0.25) is 0 Å². The van der Waals surface area contributed by atoms with Crippen LogP contribution in [0.25, 0.3) is 0 Å². The molecule has 1 saturated heterocycles. The van der Waals surface area contributed by atoms with Gasteiger partial charge in [0.1, 0.15) is 6.10 Å². The number of carbonyl (C=O) groups is 3. The number of rotatable bonds is 14. The van der Waals surface area contributed by atoms with Crippen molar-refractivity contribution in [1.82, 2.24) is 20.4 Å². The van der Waals surface area contributed by atoms with Gasteiger partial charge in [0, 0.05) is 13.1 Å². The molecule has 4 amide bonds. The summed E-state index contributed by atoms with van der Waals surface area (Å²) in [6.07, 6.45) is 1.11. The predicted molar refractivity (Wildman–Crippen MR) is 142 cm³/mol. The molecule has 1 heterocycles. The van der Waals surface area contributed by atoms with Gasteiger partial charge in [-0.15, -0.1) is 0 Å². The lowest BCUT2D eigenvalue weighted by Gasteiger charge is -2.54. The Morgan fingerprint density at radius 2 is 1.69 bits per heavy atom. The quantitative estimate of drug-likeness (QED) is 0.368. The minimum Gasteiger partial charge on any atom is -0.353 e. The molecule has 0 bridgehead atoms. The first kappa shape index (κ1) is 29.8.